The maximum absolute atomic E-state index is 12.3. The lowest BCUT2D eigenvalue weighted by Gasteiger charge is -2.17. The maximum Gasteiger partial charge on any atom is 0.350 e. The zero-order valence-electron chi connectivity index (χ0n) is 18.4. The van der Waals surface area contributed by atoms with E-state index in [2.05, 4.69) is 10.3 Å². The summed E-state index contributed by atoms with van der Waals surface area (Å²) in [6.07, 6.45) is 1.67. The molecule has 0 saturated heterocycles. The molecule has 0 fully saturated rings. The lowest BCUT2D eigenvalue weighted by atomic mass is 10.0. The molecule has 32 heavy (non-hydrogen) atoms. The first-order valence-electron chi connectivity index (χ1n) is 9.83. The minimum Gasteiger partial charge on any atom is -0.493 e. The van der Waals surface area contributed by atoms with Gasteiger partial charge in [0.05, 0.1) is 18.6 Å². The van der Waals surface area contributed by atoms with E-state index >= 15 is 0 Å². The predicted molar refractivity (Wildman–Crippen MR) is 122 cm³/mol. The van der Waals surface area contributed by atoms with Gasteiger partial charge in [-0.2, -0.15) is 5.26 Å². The lowest BCUT2D eigenvalue weighted by molar-refractivity contribution is -0.139. The van der Waals surface area contributed by atoms with Crippen LogP contribution in [0.1, 0.15) is 24.3 Å². The first-order chi connectivity index (χ1) is 15.4. The Kier molecular flexibility index (Phi) is 10.3. The van der Waals surface area contributed by atoms with Crippen LogP contribution >= 0.6 is 22.9 Å². The summed E-state index contributed by atoms with van der Waals surface area (Å²) in [5.41, 5.74) is 1.35. The zero-order valence-corrected chi connectivity index (χ0v) is 20.0. The summed E-state index contributed by atoms with van der Waals surface area (Å²) in [6, 6.07) is 7.48. The molecule has 0 unspecified atom stereocenters. The number of halogens is 1. The summed E-state index contributed by atoms with van der Waals surface area (Å²) < 4.78 is 21.7. The van der Waals surface area contributed by atoms with E-state index in [1.165, 1.54) is 18.4 Å². The van der Waals surface area contributed by atoms with Crippen LogP contribution in [0.2, 0.25) is 4.47 Å². The third-order valence-electron chi connectivity index (χ3n) is 4.29. The molecule has 0 spiro atoms. The molecule has 0 amide bonds. The topological polar surface area (TPSA) is 103 Å². The SMILES string of the molecule is COCCOC(=O)/C(C#N)=C(\NCc1ccc(OCc2cnc(Cl)s2)c(OC)c1)C(C)C. The number of carbonyl (C=O) groups excluding carboxylic acids is 1. The Labute approximate surface area is 196 Å². The van der Waals surface area contributed by atoms with Gasteiger partial charge < -0.3 is 24.3 Å². The van der Waals surface area contributed by atoms with Crippen LogP contribution in [0, 0.1) is 17.2 Å². The van der Waals surface area contributed by atoms with Gasteiger partial charge in [0.1, 0.15) is 19.3 Å². The van der Waals surface area contributed by atoms with Gasteiger partial charge in [0, 0.05) is 25.5 Å². The first kappa shape index (κ1) is 25.5. The molecule has 1 aromatic carbocycles. The van der Waals surface area contributed by atoms with Gasteiger partial charge in [0.2, 0.25) is 0 Å². The highest BCUT2D eigenvalue weighted by Gasteiger charge is 2.19. The Balaban J connectivity index is 2.10. The van der Waals surface area contributed by atoms with Gasteiger partial charge in [-0.25, -0.2) is 9.78 Å². The van der Waals surface area contributed by atoms with Crippen LogP contribution in [-0.4, -0.2) is 38.4 Å². The number of nitriles is 1. The Morgan fingerprint density at radius 1 is 1.28 bits per heavy atom. The van der Waals surface area contributed by atoms with Crippen molar-refractivity contribution in [2.24, 2.45) is 5.92 Å². The van der Waals surface area contributed by atoms with Crippen LogP contribution in [0.15, 0.2) is 35.7 Å². The van der Waals surface area contributed by atoms with Gasteiger partial charge in [0.15, 0.2) is 21.5 Å². The summed E-state index contributed by atoms with van der Waals surface area (Å²) in [4.78, 5) is 17.2. The molecule has 0 aliphatic heterocycles. The molecule has 0 atom stereocenters. The number of methoxy groups -OCH3 is 2. The summed E-state index contributed by atoms with van der Waals surface area (Å²) >= 11 is 7.20. The molecule has 1 N–H and O–H groups in total. The summed E-state index contributed by atoms with van der Waals surface area (Å²) in [7, 11) is 3.07. The fourth-order valence-corrected chi connectivity index (χ4v) is 3.62. The van der Waals surface area contributed by atoms with Crippen LogP contribution in [0.4, 0.5) is 0 Å². The maximum atomic E-state index is 12.3. The average Bonchev–Trinajstić information content (AvgIpc) is 3.20. The van der Waals surface area contributed by atoms with Crippen molar-refractivity contribution in [1.82, 2.24) is 10.3 Å². The van der Waals surface area contributed by atoms with Crippen molar-refractivity contribution < 1.29 is 23.7 Å². The van der Waals surface area contributed by atoms with Crippen LogP contribution in [0.3, 0.4) is 0 Å². The number of hydrogen-bond donors (Lipinski definition) is 1. The average molecular weight is 480 g/mol. The van der Waals surface area contributed by atoms with Gasteiger partial charge in [0.25, 0.3) is 0 Å². The second-order valence-electron chi connectivity index (χ2n) is 6.89. The minimum atomic E-state index is -0.676. The highest BCUT2D eigenvalue weighted by atomic mass is 35.5. The van der Waals surface area contributed by atoms with Crippen molar-refractivity contribution in [3.63, 3.8) is 0 Å². The van der Waals surface area contributed by atoms with Crippen molar-refractivity contribution in [2.75, 3.05) is 27.4 Å². The van der Waals surface area contributed by atoms with Crippen molar-refractivity contribution in [3.8, 4) is 17.6 Å². The second-order valence-corrected chi connectivity index (χ2v) is 8.59. The number of allylic oxidation sites excluding steroid dienone is 1. The fraction of sp³-hybridized carbons (Fsp3) is 0.409. The van der Waals surface area contributed by atoms with Crippen molar-refractivity contribution >= 4 is 28.9 Å². The normalized spacial score (nSPS) is 11.5. The monoisotopic (exact) mass is 479 g/mol. The number of nitrogens with zero attached hydrogens (tertiary/aromatic N) is 2. The number of hydrogen-bond acceptors (Lipinski definition) is 9. The number of nitrogens with one attached hydrogen (secondary N) is 1. The molecular formula is C22H26ClN3O5S. The molecule has 2 aromatic rings. The van der Waals surface area contributed by atoms with Crippen LogP contribution in [0.25, 0.3) is 0 Å². The number of esters is 1. The highest BCUT2D eigenvalue weighted by molar-refractivity contribution is 7.15. The van der Waals surface area contributed by atoms with E-state index < -0.39 is 5.97 Å². The van der Waals surface area contributed by atoms with Gasteiger partial charge in [-0.15, -0.1) is 11.3 Å². The minimum absolute atomic E-state index is 0.0498. The molecule has 0 radical (unpaired) electrons. The third-order valence-corrected chi connectivity index (χ3v) is 5.38. The molecule has 172 valence electrons. The fourth-order valence-electron chi connectivity index (χ4n) is 2.72. The van der Waals surface area contributed by atoms with Crippen LogP contribution < -0.4 is 14.8 Å². The first-order valence-corrected chi connectivity index (χ1v) is 11.0. The van der Waals surface area contributed by atoms with E-state index in [1.807, 2.05) is 38.1 Å². The Hall–Kier alpha value is -2.80. The largest absolute Gasteiger partial charge is 0.493 e. The van der Waals surface area contributed by atoms with Crippen molar-refractivity contribution in [1.29, 1.82) is 5.26 Å². The molecule has 0 saturated carbocycles. The zero-order chi connectivity index (χ0) is 23.5. The lowest BCUT2D eigenvalue weighted by Crippen LogP contribution is -2.23. The van der Waals surface area contributed by atoms with Gasteiger partial charge in [-0.05, 0) is 23.6 Å². The van der Waals surface area contributed by atoms with E-state index in [-0.39, 0.29) is 24.7 Å². The molecular weight excluding hydrogens is 454 g/mol. The summed E-state index contributed by atoms with van der Waals surface area (Å²) in [6.45, 7) is 4.84. The van der Waals surface area contributed by atoms with E-state index in [0.29, 0.717) is 34.8 Å². The molecule has 1 aromatic heterocycles. The van der Waals surface area contributed by atoms with Crippen LogP contribution in [0.5, 0.6) is 11.5 Å². The van der Waals surface area contributed by atoms with E-state index in [0.717, 1.165) is 10.4 Å². The molecule has 8 nitrogen and oxygen atoms in total. The van der Waals surface area contributed by atoms with E-state index in [4.69, 9.17) is 30.5 Å². The predicted octanol–water partition coefficient (Wildman–Crippen LogP) is 4.10. The number of rotatable bonds is 12. The van der Waals surface area contributed by atoms with E-state index in [1.54, 1.807) is 13.3 Å². The van der Waals surface area contributed by atoms with Gasteiger partial charge in [-0.1, -0.05) is 31.5 Å². The van der Waals surface area contributed by atoms with Gasteiger partial charge in [-0.3, -0.25) is 0 Å². The number of ether oxygens (including phenoxy) is 4. The van der Waals surface area contributed by atoms with Crippen molar-refractivity contribution in [3.05, 3.63) is 50.6 Å². The molecule has 0 bridgehead atoms. The summed E-state index contributed by atoms with van der Waals surface area (Å²) in [5, 5.41) is 12.7. The quantitative estimate of drug-likeness (QED) is 0.210. The number of benzene rings is 1. The van der Waals surface area contributed by atoms with Gasteiger partial charge >= 0.3 is 5.97 Å². The number of aromatic nitrogens is 1. The number of thiazole rings is 1. The smallest absolute Gasteiger partial charge is 0.350 e. The molecule has 10 heteroatoms. The third kappa shape index (κ3) is 7.41. The molecule has 2 rings (SSSR count). The highest BCUT2D eigenvalue weighted by Crippen LogP contribution is 2.30. The Morgan fingerprint density at radius 3 is 2.66 bits per heavy atom. The second kappa shape index (κ2) is 12.9. The van der Waals surface area contributed by atoms with E-state index in [9.17, 15) is 10.1 Å². The molecule has 0 aliphatic carbocycles. The van der Waals surface area contributed by atoms with Crippen LogP contribution in [-0.2, 0) is 27.4 Å². The summed E-state index contributed by atoms with van der Waals surface area (Å²) in [5.74, 6) is 0.384. The van der Waals surface area contributed by atoms with Crippen molar-refractivity contribution in [2.45, 2.75) is 27.0 Å². The number of carbonyl (C=O) groups is 1. The molecule has 1 heterocycles. The standard InChI is InChI=1S/C22H26ClN3O5S/c1-14(2)20(17(10-24)21(27)30-8-7-28-3)25-11-15-5-6-18(19(9-15)29-4)31-13-16-12-26-22(23)32-16/h5-6,9,12,14,25H,7-8,11,13H2,1-4H3/b20-17-. The molecule has 0 aliphatic rings. The Bertz CT molecular complexity index is 984. The Morgan fingerprint density at radius 2 is 2.06 bits per heavy atom.